The van der Waals surface area contributed by atoms with Gasteiger partial charge in [0.1, 0.15) is 0 Å². The van der Waals surface area contributed by atoms with Crippen LogP contribution in [0.5, 0.6) is 0 Å². The van der Waals surface area contributed by atoms with E-state index in [0.717, 1.165) is 38.5 Å². The van der Waals surface area contributed by atoms with Gasteiger partial charge in [0, 0.05) is 0 Å². The van der Waals surface area contributed by atoms with Crippen molar-refractivity contribution >= 4 is 7.60 Å². The van der Waals surface area contributed by atoms with Gasteiger partial charge in [0.05, 0.1) is 0 Å². The maximum absolute atomic E-state index is 13.7. The zero-order valence-corrected chi connectivity index (χ0v) is 19.1. The summed E-state index contributed by atoms with van der Waals surface area (Å²) < 4.78 is 37.2. The van der Waals surface area contributed by atoms with Gasteiger partial charge in [-0.05, 0) is 0 Å². The van der Waals surface area contributed by atoms with E-state index in [9.17, 15) is 17.7 Å². The Labute approximate surface area is 160 Å². The molecule has 8 heteroatoms. The van der Waals surface area contributed by atoms with Crippen LogP contribution in [0.15, 0.2) is 0 Å². The topological polar surface area (TPSA) is 93.1 Å². The first-order valence-corrected chi connectivity index (χ1v) is 16.3. The molecule has 1 rings (SSSR count). The molecule has 0 aliphatic carbocycles. The summed E-state index contributed by atoms with van der Waals surface area (Å²) in [4.78, 5) is 18.8. The molecule has 0 spiro atoms. The van der Waals surface area contributed by atoms with Gasteiger partial charge in [-0.15, -0.1) is 0 Å². The Kier molecular flexibility index (Phi) is 10.9. The van der Waals surface area contributed by atoms with Crippen LogP contribution in [-0.4, -0.2) is 22.2 Å². The first kappa shape index (κ1) is 24.6. The summed E-state index contributed by atoms with van der Waals surface area (Å²) in [6.45, 7) is 4.09. The first-order valence-electron chi connectivity index (χ1n) is 10.5. The van der Waals surface area contributed by atoms with E-state index < -0.39 is 29.5 Å². The van der Waals surface area contributed by atoms with E-state index in [1.54, 1.807) is 0 Å². The van der Waals surface area contributed by atoms with E-state index in [0.29, 0.717) is 9.45 Å². The van der Waals surface area contributed by atoms with E-state index in [4.69, 9.17) is 6.64 Å². The van der Waals surface area contributed by atoms with Crippen LogP contribution in [0.25, 0.3) is 0 Å². The summed E-state index contributed by atoms with van der Waals surface area (Å²) in [6, 6.07) is 0. The number of unbranched alkanes of at least 4 members (excludes halogenated alkanes) is 10. The van der Waals surface area contributed by atoms with Gasteiger partial charge in [0.25, 0.3) is 0 Å². The summed E-state index contributed by atoms with van der Waals surface area (Å²) in [5, 5.41) is 0. The molecule has 0 aromatic carbocycles. The van der Waals surface area contributed by atoms with Crippen molar-refractivity contribution in [1.29, 1.82) is 0 Å². The molecule has 0 amide bonds. The molecule has 1 aliphatic rings. The Hall–Kier alpha value is 0.584. The van der Waals surface area contributed by atoms with Gasteiger partial charge in [0.2, 0.25) is 0 Å². The van der Waals surface area contributed by atoms with Crippen molar-refractivity contribution in [3.8, 4) is 0 Å². The van der Waals surface area contributed by atoms with Crippen molar-refractivity contribution < 1.29 is 40.4 Å². The zero-order valence-electron chi connectivity index (χ0n) is 16.7. The fourth-order valence-electron chi connectivity index (χ4n) is 3.68. The molecule has 0 aromatic heterocycles. The van der Waals surface area contributed by atoms with Crippen molar-refractivity contribution in [2.24, 2.45) is 0 Å². The molecule has 1 aliphatic heterocycles. The van der Waals surface area contributed by atoms with Gasteiger partial charge in [-0.3, -0.25) is 0 Å². The van der Waals surface area contributed by atoms with Crippen molar-refractivity contribution in [2.45, 2.75) is 106 Å². The summed E-state index contributed by atoms with van der Waals surface area (Å²) >= 11 is -4.96. The molecule has 1 atom stereocenters. The number of rotatable bonds is 15. The Bertz CT molecular complexity index is 484. The third-order valence-corrected chi connectivity index (χ3v) is 13.3. The predicted molar refractivity (Wildman–Crippen MR) is 99.9 cm³/mol. The van der Waals surface area contributed by atoms with Crippen LogP contribution < -0.4 is 0 Å². The zero-order chi connectivity index (χ0) is 19.5. The van der Waals surface area contributed by atoms with Crippen LogP contribution in [0, 0.1) is 0 Å². The van der Waals surface area contributed by atoms with E-state index in [1.807, 2.05) is 0 Å². The second kappa shape index (κ2) is 11.6. The molecular formula is C18H39O6PTi. The molecule has 1 unspecified atom stereocenters. The van der Waals surface area contributed by atoms with Gasteiger partial charge in [-0.25, -0.2) is 0 Å². The van der Waals surface area contributed by atoms with Gasteiger partial charge in [-0.2, -0.15) is 0 Å². The Balaban J connectivity index is 2.58. The molecule has 0 saturated carbocycles. The third-order valence-electron chi connectivity index (χ3n) is 5.35. The van der Waals surface area contributed by atoms with Crippen LogP contribution in [0.2, 0.25) is 9.45 Å². The quantitative estimate of drug-likeness (QED) is 0.189. The van der Waals surface area contributed by atoms with Crippen molar-refractivity contribution in [1.82, 2.24) is 0 Å². The van der Waals surface area contributed by atoms with E-state index in [-0.39, 0.29) is 6.61 Å². The Morgan fingerprint density at radius 2 is 1.27 bits per heavy atom. The molecule has 2 N–H and O–H groups in total. The van der Waals surface area contributed by atoms with Crippen LogP contribution in [0.3, 0.4) is 0 Å². The predicted octanol–water partition coefficient (Wildman–Crippen LogP) is 5.96. The monoisotopic (exact) mass is 430 g/mol. The standard InChI is InChI=1S/2C8H17.C2H5O5P.O.Ti/c2*1-3-5-7-8-6-4-2;3-1-2(4)8(5,6)7;;/h2*1,3-8H2,2H3;2H,1H2,(H2,5,6,7);;/q;;-2;;+2. The van der Waals surface area contributed by atoms with E-state index in [1.165, 1.54) is 38.5 Å². The summed E-state index contributed by atoms with van der Waals surface area (Å²) in [7, 11) is -4.44. The summed E-state index contributed by atoms with van der Waals surface area (Å²) in [5.74, 6) is -1.35. The molecule has 0 bridgehead atoms. The van der Waals surface area contributed by atoms with Gasteiger partial charge >= 0.3 is 161 Å². The van der Waals surface area contributed by atoms with Crippen molar-refractivity contribution in [2.75, 3.05) is 6.61 Å². The van der Waals surface area contributed by atoms with Crippen LogP contribution in [0.4, 0.5) is 0 Å². The molecule has 1 saturated heterocycles. The number of hydrogen-bond acceptors (Lipinski definition) is 4. The van der Waals surface area contributed by atoms with E-state index >= 15 is 0 Å². The van der Waals surface area contributed by atoms with Crippen LogP contribution in [0.1, 0.15) is 90.9 Å². The van der Waals surface area contributed by atoms with Gasteiger partial charge in [-0.1, -0.05) is 0 Å². The molecule has 0 aromatic rings. The minimum absolute atomic E-state index is 0.239. The maximum atomic E-state index is 13.7. The van der Waals surface area contributed by atoms with Crippen LogP contribution >= 0.6 is 7.60 Å². The summed E-state index contributed by atoms with van der Waals surface area (Å²) in [6.07, 6.45) is 12.7. The van der Waals surface area contributed by atoms with Crippen LogP contribution in [-0.2, 0) is 30.6 Å². The third kappa shape index (κ3) is 8.73. The molecule has 1 fully saturated rings. The first-order chi connectivity index (χ1) is 12.2. The molecular weight excluding hydrogens is 391 g/mol. The second-order valence-corrected chi connectivity index (χ2v) is 16.3. The Morgan fingerprint density at radius 3 is 1.65 bits per heavy atom. The summed E-state index contributed by atoms with van der Waals surface area (Å²) in [5.41, 5.74) is 0. The molecule has 156 valence electrons. The van der Waals surface area contributed by atoms with E-state index in [2.05, 4.69) is 13.8 Å². The fourth-order valence-corrected chi connectivity index (χ4v) is 12.0. The molecule has 0 radical (unpaired) electrons. The Morgan fingerprint density at radius 1 is 0.846 bits per heavy atom. The average molecular weight is 430 g/mol. The second-order valence-electron chi connectivity index (χ2n) is 7.87. The average Bonchev–Trinajstić information content (AvgIpc) is 2.94. The SMILES string of the molecule is CCCCCCC[CH2][Ti]1(=[O])([CH2]CCCCCCC)[O]CC(P(=O)(O)O)[O]1. The van der Waals surface area contributed by atoms with Crippen molar-refractivity contribution in [3.05, 3.63) is 0 Å². The van der Waals surface area contributed by atoms with Gasteiger partial charge in [0.15, 0.2) is 0 Å². The molecule has 6 nitrogen and oxygen atoms in total. The van der Waals surface area contributed by atoms with Crippen molar-refractivity contribution in [3.63, 3.8) is 0 Å². The van der Waals surface area contributed by atoms with Gasteiger partial charge < -0.3 is 0 Å². The fraction of sp³-hybridized carbons (Fsp3) is 1.00. The molecule has 1 heterocycles. The minimum atomic E-state index is -4.96. The number of hydrogen-bond donors (Lipinski definition) is 2. The molecule has 26 heavy (non-hydrogen) atoms. The normalized spacial score (nSPS) is 21.6.